The zero-order chi connectivity index (χ0) is 6.85. The molecule has 0 unspecified atom stereocenters. The molecule has 0 saturated carbocycles. The summed E-state index contributed by atoms with van der Waals surface area (Å²) >= 11 is 4.82. The Kier molecular flexibility index (Phi) is 3.53. The second-order valence-electron chi connectivity index (χ2n) is 2.01. The zero-order valence-corrected chi connectivity index (χ0v) is 7.47. The van der Waals surface area contributed by atoms with E-state index in [0.29, 0.717) is 4.77 Å². The third-order valence-electron chi connectivity index (χ3n) is 1.01. The molecule has 1 rings (SSSR count). The van der Waals surface area contributed by atoms with Crippen molar-refractivity contribution >= 4 is 24.6 Å². The van der Waals surface area contributed by atoms with Gasteiger partial charge in [0, 0.05) is 11.4 Å². The molecule has 0 radical (unpaired) electrons. The van der Waals surface area contributed by atoms with Crippen LogP contribution in [-0.2, 0) is 0 Å². The molecule has 1 heterocycles. The molecule has 1 N–H and O–H groups in total. The van der Waals surface area contributed by atoms with Gasteiger partial charge in [-0.1, -0.05) is 0 Å². The summed E-state index contributed by atoms with van der Waals surface area (Å²) in [6, 6.07) is 1.95. The number of aryl methyl sites for hydroxylation is 2. The van der Waals surface area contributed by atoms with E-state index in [9.17, 15) is 0 Å². The van der Waals surface area contributed by atoms with Crippen molar-refractivity contribution in [1.82, 2.24) is 9.97 Å². The minimum atomic E-state index is 0. The van der Waals surface area contributed by atoms with Crippen LogP contribution in [0.1, 0.15) is 11.4 Å². The van der Waals surface area contributed by atoms with Gasteiger partial charge in [0.05, 0.1) is 0 Å². The van der Waals surface area contributed by atoms with E-state index >= 15 is 0 Å². The molecule has 0 aliphatic carbocycles. The third kappa shape index (κ3) is 2.45. The summed E-state index contributed by atoms with van der Waals surface area (Å²) in [6.45, 7) is 3.89. The molecule has 0 spiro atoms. The van der Waals surface area contributed by atoms with Gasteiger partial charge in [-0.3, -0.25) is 0 Å². The second kappa shape index (κ2) is 3.68. The first-order chi connectivity index (χ1) is 4.18. The van der Waals surface area contributed by atoms with Crippen LogP contribution in [0.5, 0.6) is 0 Å². The first-order valence-corrected chi connectivity index (χ1v) is 3.14. The molecule has 1 aromatic heterocycles. The monoisotopic (exact) mass is 176 g/mol. The number of halogens is 1. The van der Waals surface area contributed by atoms with Crippen molar-refractivity contribution in [3.8, 4) is 0 Å². The molecular weight excluding hydrogens is 168 g/mol. The quantitative estimate of drug-likeness (QED) is 0.614. The van der Waals surface area contributed by atoms with Gasteiger partial charge in [0.15, 0.2) is 4.77 Å². The molecule has 0 aliphatic rings. The minimum Gasteiger partial charge on any atom is -0.335 e. The summed E-state index contributed by atoms with van der Waals surface area (Å²) in [4.78, 5) is 6.91. The molecule has 0 aromatic carbocycles. The van der Waals surface area contributed by atoms with Crippen LogP contribution < -0.4 is 0 Å². The second-order valence-corrected chi connectivity index (χ2v) is 2.40. The van der Waals surface area contributed by atoms with E-state index in [1.54, 1.807) is 0 Å². The largest absolute Gasteiger partial charge is 0.335 e. The van der Waals surface area contributed by atoms with Crippen LogP contribution in [-0.4, -0.2) is 9.97 Å². The van der Waals surface area contributed by atoms with E-state index < -0.39 is 0 Å². The normalized spacial score (nSPS) is 8.60. The van der Waals surface area contributed by atoms with E-state index in [-0.39, 0.29) is 12.4 Å². The number of hydrogen-bond acceptors (Lipinski definition) is 2. The fourth-order valence-corrected chi connectivity index (χ4v) is 1.04. The SMILES string of the molecule is Cc1cc(C)[nH]c(=S)n1.Cl. The van der Waals surface area contributed by atoms with Gasteiger partial charge in [-0.15, -0.1) is 12.4 Å². The predicted octanol–water partition coefficient (Wildman–Crippen LogP) is 2.18. The summed E-state index contributed by atoms with van der Waals surface area (Å²) in [6.07, 6.45) is 0. The Hall–Kier alpha value is -0.410. The number of H-pyrrole nitrogens is 1. The molecule has 0 saturated heterocycles. The van der Waals surface area contributed by atoms with Crippen LogP contribution in [0.25, 0.3) is 0 Å². The number of nitrogens with one attached hydrogen (secondary N) is 1. The first-order valence-electron chi connectivity index (χ1n) is 2.73. The van der Waals surface area contributed by atoms with Gasteiger partial charge >= 0.3 is 0 Å². The lowest BCUT2D eigenvalue weighted by Gasteiger charge is -1.92. The average Bonchev–Trinajstić information content (AvgIpc) is 1.59. The molecule has 4 heteroatoms. The van der Waals surface area contributed by atoms with Crippen LogP contribution in [0.3, 0.4) is 0 Å². The van der Waals surface area contributed by atoms with Crippen LogP contribution in [0, 0.1) is 18.6 Å². The smallest absolute Gasteiger partial charge is 0.197 e. The highest BCUT2D eigenvalue weighted by Gasteiger charge is 1.85. The highest BCUT2D eigenvalue weighted by atomic mass is 35.5. The average molecular weight is 177 g/mol. The van der Waals surface area contributed by atoms with Gasteiger partial charge in [0.2, 0.25) is 0 Å². The van der Waals surface area contributed by atoms with Gasteiger partial charge in [-0.05, 0) is 32.1 Å². The fraction of sp³-hybridized carbons (Fsp3) is 0.333. The van der Waals surface area contributed by atoms with Crippen molar-refractivity contribution in [3.63, 3.8) is 0 Å². The van der Waals surface area contributed by atoms with Gasteiger partial charge in [0.1, 0.15) is 0 Å². The molecule has 0 fully saturated rings. The molecule has 10 heavy (non-hydrogen) atoms. The molecule has 0 amide bonds. The van der Waals surface area contributed by atoms with E-state index in [1.165, 1.54) is 0 Å². The Balaban J connectivity index is 0.000000810. The van der Waals surface area contributed by atoms with Gasteiger partial charge < -0.3 is 4.98 Å². The lowest BCUT2D eigenvalue weighted by Crippen LogP contribution is -1.87. The van der Waals surface area contributed by atoms with Gasteiger partial charge in [0.25, 0.3) is 0 Å². The van der Waals surface area contributed by atoms with Crippen LogP contribution >= 0.6 is 24.6 Å². The van der Waals surface area contributed by atoms with E-state index in [2.05, 4.69) is 9.97 Å². The van der Waals surface area contributed by atoms with Crippen molar-refractivity contribution in [1.29, 1.82) is 0 Å². The number of aromatic amines is 1. The number of aromatic nitrogens is 2. The minimum absolute atomic E-state index is 0. The molecule has 1 aromatic rings. The summed E-state index contributed by atoms with van der Waals surface area (Å²) in [5, 5.41) is 0. The van der Waals surface area contributed by atoms with Crippen LogP contribution in [0.4, 0.5) is 0 Å². The lowest BCUT2D eigenvalue weighted by molar-refractivity contribution is 1.03. The summed E-state index contributed by atoms with van der Waals surface area (Å²) in [5.74, 6) is 0. The Bertz CT molecular complexity index is 245. The molecular formula is C6H9ClN2S. The Morgan fingerprint density at radius 1 is 1.50 bits per heavy atom. The zero-order valence-electron chi connectivity index (χ0n) is 5.84. The van der Waals surface area contributed by atoms with Crippen molar-refractivity contribution in [2.45, 2.75) is 13.8 Å². The number of rotatable bonds is 0. The fourth-order valence-electron chi connectivity index (χ4n) is 0.738. The maximum absolute atomic E-state index is 4.82. The Morgan fingerprint density at radius 2 is 2.10 bits per heavy atom. The van der Waals surface area contributed by atoms with Gasteiger partial charge in [-0.25, -0.2) is 4.98 Å². The lowest BCUT2D eigenvalue weighted by atomic mass is 10.4. The Morgan fingerprint density at radius 3 is 2.50 bits per heavy atom. The summed E-state index contributed by atoms with van der Waals surface area (Å²) in [7, 11) is 0. The number of nitrogens with zero attached hydrogens (tertiary/aromatic N) is 1. The summed E-state index contributed by atoms with van der Waals surface area (Å²) in [5.41, 5.74) is 2.03. The molecule has 2 nitrogen and oxygen atoms in total. The standard InChI is InChI=1S/C6H8N2S.ClH/c1-4-3-5(2)8-6(9)7-4;/h3H,1-2H3,(H,7,8,9);1H. The molecule has 56 valence electrons. The highest BCUT2D eigenvalue weighted by molar-refractivity contribution is 7.71. The van der Waals surface area contributed by atoms with Crippen LogP contribution in [0.15, 0.2) is 6.07 Å². The van der Waals surface area contributed by atoms with Crippen LogP contribution in [0.2, 0.25) is 0 Å². The number of hydrogen-bond donors (Lipinski definition) is 1. The van der Waals surface area contributed by atoms with E-state index in [1.807, 2.05) is 19.9 Å². The molecule has 0 atom stereocenters. The Labute approximate surface area is 71.1 Å². The topological polar surface area (TPSA) is 28.7 Å². The van der Waals surface area contributed by atoms with Crippen molar-refractivity contribution < 1.29 is 0 Å². The van der Waals surface area contributed by atoms with Crippen molar-refractivity contribution in [2.24, 2.45) is 0 Å². The molecule has 0 bridgehead atoms. The van der Waals surface area contributed by atoms with E-state index in [4.69, 9.17) is 12.2 Å². The maximum Gasteiger partial charge on any atom is 0.197 e. The van der Waals surface area contributed by atoms with Gasteiger partial charge in [-0.2, -0.15) is 0 Å². The van der Waals surface area contributed by atoms with Crippen molar-refractivity contribution in [3.05, 3.63) is 22.2 Å². The highest BCUT2D eigenvalue weighted by Crippen LogP contribution is 1.93. The maximum atomic E-state index is 4.82. The predicted molar refractivity (Wildman–Crippen MR) is 46.1 cm³/mol. The third-order valence-corrected chi connectivity index (χ3v) is 1.20. The first kappa shape index (κ1) is 9.59. The summed E-state index contributed by atoms with van der Waals surface area (Å²) < 4.78 is 0.563. The molecule has 0 aliphatic heterocycles. The van der Waals surface area contributed by atoms with Crippen molar-refractivity contribution in [2.75, 3.05) is 0 Å². The van der Waals surface area contributed by atoms with E-state index in [0.717, 1.165) is 11.4 Å².